The quantitative estimate of drug-likeness (QED) is 0.426. The van der Waals surface area contributed by atoms with Gasteiger partial charge in [0.05, 0.1) is 7.11 Å². The van der Waals surface area contributed by atoms with Crippen molar-refractivity contribution in [3.63, 3.8) is 0 Å². The summed E-state index contributed by atoms with van der Waals surface area (Å²) >= 11 is 0. The Balaban J connectivity index is 4.02. The van der Waals surface area contributed by atoms with Gasteiger partial charge in [-0.2, -0.15) is 0 Å². The van der Waals surface area contributed by atoms with Gasteiger partial charge in [0.2, 0.25) is 0 Å². The predicted octanol–water partition coefficient (Wildman–Crippen LogP) is 0.684. The summed E-state index contributed by atoms with van der Waals surface area (Å²) < 4.78 is 4.50. The molecular formula is C5H12NO3P3. The smallest absolute Gasteiger partial charge is 0.323 e. The molecule has 0 aliphatic heterocycles. The molecule has 70 valence electrons. The lowest BCUT2D eigenvalue weighted by atomic mass is 10.2. The van der Waals surface area contributed by atoms with E-state index in [4.69, 9.17) is 0 Å². The highest BCUT2D eigenvalue weighted by Gasteiger charge is 2.18. The number of rotatable bonds is 5. The molecule has 0 fully saturated rings. The van der Waals surface area contributed by atoms with Gasteiger partial charge >= 0.3 is 5.97 Å². The third kappa shape index (κ3) is 5.11. The molecule has 0 saturated carbocycles. The number of aldehydes is 1. The van der Waals surface area contributed by atoms with Crippen molar-refractivity contribution in [3.8, 4) is 0 Å². The van der Waals surface area contributed by atoms with Gasteiger partial charge in [0.1, 0.15) is 12.3 Å². The zero-order valence-electron chi connectivity index (χ0n) is 6.69. The fraction of sp³-hybridized carbons (Fsp3) is 0.600. The first-order valence-corrected chi connectivity index (χ1v) is 7.76. The average Bonchev–Trinajstić information content (AvgIpc) is 2.01. The number of hydrogen-bond acceptors (Lipinski definition) is 4. The molecule has 7 heteroatoms. The Morgan fingerprint density at radius 2 is 2.33 bits per heavy atom. The molecule has 0 rings (SSSR count). The Morgan fingerprint density at radius 3 is 2.67 bits per heavy atom. The average molecular weight is 227 g/mol. The molecule has 0 aliphatic rings. The van der Waals surface area contributed by atoms with Crippen LogP contribution in [0.25, 0.3) is 0 Å². The molecule has 0 bridgehead atoms. The monoisotopic (exact) mass is 227 g/mol. The van der Waals surface area contributed by atoms with E-state index in [-0.39, 0.29) is 6.42 Å². The van der Waals surface area contributed by atoms with Gasteiger partial charge in [0, 0.05) is 6.42 Å². The minimum atomic E-state index is -0.566. The highest BCUT2D eigenvalue weighted by molar-refractivity contribution is 8.42. The standard InChI is InChI=1S/C5H12NO3P3/c1-9-5(8)4(2-3-7)6-12(10)11/h3-4,6H,2,10-11H2,1H3/t4-/m0/s1. The van der Waals surface area contributed by atoms with Gasteiger partial charge in [0.15, 0.2) is 0 Å². The maximum Gasteiger partial charge on any atom is 0.323 e. The molecule has 3 atom stereocenters. The van der Waals surface area contributed by atoms with Gasteiger partial charge in [-0.15, -0.1) is 0 Å². The topological polar surface area (TPSA) is 55.4 Å². The first kappa shape index (κ1) is 12.4. The molecule has 0 heterocycles. The largest absolute Gasteiger partial charge is 0.468 e. The summed E-state index contributed by atoms with van der Waals surface area (Å²) in [5.41, 5.74) is 0. The molecule has 0 aromatic rings. The Bertz CT molecular complexity index is 164. The molecule has 0 aromatic heterocycles. The highest BCUT2D eigenvalue weighted by atomic mass is 32.4. The lowest BCUT2D eigenvalue weighted by Crippen LogP contribution is -2.33. The molecule has 0 radical (unpaired) electrons. The Labute approximate surface area is 77.2 Å². The first-order valence-electron chi connectivity index (χ1n) is 3.19. The summed E-state index contributed by atoms with van der Waals surface area (Å²) in [7, 11) is 5.76. The summed E-state index contributed by atoms with van der Waals surface area (Å²) in [5, 5.41) is 2.92. The number of hydrogen-bond donors (Lipinski definition) is 1. The van der Waals surface area contributed by atoms with E-state index >= 15 is 0 Å². The van der Waals surface area contributed by atoms with Crippen LogP contribution in [0, 0.1) is 0 Å². The molecule has 1 N–H and O–H groups in total. The van der Waals surface area contributed by atoms with Crippen LogP contribution in [0.15, 0.2) is 0 Å². The second-order valence-corrected chi connectivity index (χ2v) is 8.21. The zero-order chi connectivity index (χ0) is 9.56. The molecule has 0 aliphatic carbocycles. The van der Waals surface area contributed by atoms with Gasteiger partial charge in [-0.3, -0.25) is 9.88 Å². The van der Waals surface area contributed by atoms with E-state index in [1.54, 1.807) is 0 Å². The third-order valence-electron chi connectivity index (χ3n) is 1.12. The number of ether oxygens (including phenoxy) is 1. The summed E-state index contributed by atoms with van der Waals surface area (Å²) in [6.07, 6.45) is 0.844. The summed E-state index contributed by atoms with van der Waals surface area (Å²) in [5.74, 6) is -0.403. The van der Waals surface area contributed by atoms with Crippen molar-refractivity contribution in [1.29, 1.82) is 0 Å². The van der Waals surface area contributed by atoms with Crippen molar-refractivity contribution in [1.82, 2.24) is 5.09 Å². The van der Waals surface area contributed by atoms with Crippen molar-refractivity contribution in [2.24, 2.45) is 0 Å². The Hall–Kier alpha value is 0.390. The van der Waals surface area contributed by atoms with Crippen molar-refractivity contribution < 1.29 is 14.3 Å². The van der Waals surface area contributed by atoms with Crippen LogP contribution in [0.1, 0.15) is 6.42 Å². The molecular weight excluding hydrogens is 215 g/mol. The number of methoxy groups -OCH3 is 1. The van der Waals surface area contributed by atoms with Crippen LogP contribution in [-0.4, -0.2) is 25.4 Å². The number of nitrogens with one attached hydrogen (secondary N) is 1. The number of carbonyl (C=O) groups is 2. The van der Waals surface area contributed by atoms with Gasteiger partial charge in [-0.25, -0.2) is 0 Å². The van der Waals surface area contributed by atoms with Crippen LogP contribution in [0.3, 0.4) is 0 Å². The van der Waals surface area contributed by atoms with Crippen LogP contribution in [0.2, 0.25) is 0 Å². The number of esters is 1. The molecule has 12 heavy (non-hydrogen) atoms. The second-order valence-electron chi connectivity index (χ2n) is 2.01. The minimum absolute atomic E-state index is 0.147. The van der Waals surface area contributed by atoms with Crippen molar-refractivity contribution in [2.75, 3.05) is 7.11 Å². The van der Waals surface area contributed by atoms with Crippen molar-refractivity contribution in [2.45, 2.75) is 12.5 Å². The lowest BCUT2D eigenvalue weighted by Gasteiger charge is -2.15. The normalized spacial score (nSPS) is 12.7. The lowest BCUT2D eigenvalue weighted by molar-refractivity contribution is -0.143. The molecule has 0 spiro atoms. The van der Waals surface area contributed by atoms with Crippen molar-refractivity contribution >= 4 is 37.6 Å². The molecule has 0 amide bonds. The predicted molar refractivity (Wildman–Crippen MR) is 56.0 cm³/mol. The van der Waals surface area contributed by atoms with Crippen LogP contribution in [-0.2, 0) is 14.3 Å². The van der Waals surface area contributed by atoms with Crippen LogP contribution < -0.4 is 5.09 Å². The van der Waals surface area contributed by atoms with Gasteiger partial charge in [-0.05, 0) is 7.45 Å². The van der Waals surface area contributed by atoms with E-state index in [9.17, 15) is 9.59 Å². The Kier molecular flexibility index (Phi) is 7.08. The van der Waals surface area contributed by atoms with Crippen molar-refractivity contribution in [3.05, 3.63) is 0 Å². The van der Waals surface area contributed by atoms with E-state index in [2.05, 4.69) is 27.7 Å². The van der Waals surface area contributed by atoms with E-state index in [0.29, 0.717) is 6.29 Å². The minimum Gasteiger partial charge on any atom is -0.468 e. The zero-order valence-corrected chi connectivity index (χ0v) is 9.89. The second kappa shape index (κ2) is 6.86. The summed E-state index contributed by atoms with van der Waals surface area (Å²) in [6, 6.07) is -0.520. The van der Waals surface area contributed by atoms with Gasteiger partial charge < -0.3 is 9.53 Å². The van der Waals surface area contributed by atoms with Crippen LogP contribution in [0.5, 0.6) is 0 Å². The van der Waals surface area contributed by atoms with E-state index < -0.39 is 19.5 Å². The summed E-state index contributed by atoms with van der Waals surface area (Å²) in [6.45, 7) is 0. The van der Waals surface area contributed by atoms with Crippen LogP contribution in [0.4, 0.5) is 0 Å². The van der Waals surface area contributed by atoms with Gasteiger partial charge in [0.25, 0.3) is 0 Å². The first-order chi connectivity index (χ1) is 5.61. The van der Waals surface area contributed by atoms with E-state index in [1.807, 2.05) is 0 Å². The van der Waals surface area contributed by atoms with Gasteiger partial charge in [-0.1, -0.05) is 17.9 Å². The molecule has 0 aromatic carbocycles. The molecule has 2 unspecified atom stereocenters. The van der Waals surface area contributed by atoms with E-state index in [1.165, 1.54) is 7.11 Å². The SMILES string of the molecule is COC(=O)[C@H](CC=O)NP(P)P. The Morgan fingerprint density at radius 1 is 1.75 bits per heavy atom. The highest BCUT2D eigenvalue weighted by Crippen LogP contribution is 2.48. The molecule has 4 nitrogen and oxygen atoms in total. The van der Waals surface area contributed by atoms with Crippen LogP contribution >= 0.6 is 25.3 Å². The van der Waals surface area contributed by atoms with E-state index in [0.717, 1.165) is 0 Å². The third-order valence-corrected chi connectivity index (χ3v) is 2.63. The molecule has 0 saturated heterocycles. The fourth-order valence-electron chi connectivity index (χ4n) is 0.620. The fourth-order valence-corrected chi connectivity index (χ4v) is 2.27. The maximum absolute atomic E-state index is 11.0. The maximum atomic E-state index is 11.0. The summed E-state index contributed by atoms with van der Waals surface area (Å²) in [4.78, 5) is 21.1. The number of carbonyl (C=O) groups excluding carboxylic acids is 2.